The van der Waals surface area contributed by atoms with Crippen LogP contribution in [0.15, 0.2) is 65.0 Å². The lowest BCUT2D eigenvalue weighted by molar-refractivity contribution is 0.103. The lowest BCUT2D eigenvalue weighted by Gasteiger charge is -2.01. The van der Waals surface area contributed by atoms with E-state index in [4.69, 9.17) is 0 Å². The summed E-state index contributed by atoms with van der Waals surface area (Å²) in [6, 6.07) is 18.3. The van der Waals surface area contributed by atoms with Crippen LogP contribution in [0.25, 0.3) is 15.9 Å². The molecule has 0 aliphatic rings. The maximum Gasteiger partial charge on any atom is 0.267 e. The molecule has 160 valence electrons. The molecule has 2 aromatic carbocycles. The molecule has 0 fully saturated rings. The monoisotopic (exact) mass is 481 g/mol. The van der Waals surface area contributed by atoms with Crippen LogP contribution < -0.4 is 5.32 Å². The second-order valence-corrected chi connectivity index (χ2v) is 10.1. The Morgan fingerprint density at radius 1 is 1.09 bits per heavy atom. The van der Waals surface area contributed by atoms with E-state index in [1.807, 2.05) is 48.0 Å². The van der Waals surface area contributed by atoms with E-state index in [9.17, 15) is 9.18 Å². The van der Waals surface area contributed by atoms with Crippen molar-refractivity contribution in [2.75, 3.05) is 5.32 Å². The van der Waals surface area contributed by atoms with Gasteiger partial charge < -0.3 is 0 Å². The van der Waals surface area contributed by atoms with Gasteiger partial charge >= 0.3 is 0 Å². The molecule has 0 aliphatic heterocycles. The normalized spacial score (nSPS) is 11.2. The standard InChI is InChI=1S/C22H16FN5OS3/c1-13-16-11-18(31-20(16)28(27-13)15-8-3-2-4-9-15)19(29)24-21-25-26-22(32-21)30-12-14-7-5-6-10-17(14)23/h2-11H,12H2,1H3,(H,24,25,29). The number of rotatable bonds is 6. The van der Waals surface area contributed by atoms with Crippen molar-refractivity contribution in [1.82, 2.24) is 20.0 Å². The molecule has 0 bridgehead atoms. The SMILES string of the molecule is Cc1nn(-c2ccccc2)c2sc(C(=O)Nc3nnc(SCc4ccccc4F)s3)cc12. The van der Waals surface area contributed by atoms with Gasteiger partial charge in [0.1, 0.15) is 10.6 Å². The number of nitrogens with zero attached hydrogens (tertiary/aromatic N) is 4. The number of carbonyl (C=O) groups is 1. The summed E-state index contributed by atoms with van der Waals surface area (Å²) in [6.07, 6.45) is 0. The fourth-order valence-corrected chi connectivity index (χ4v) is 5.95. The molecule has 0 spiro atoms. The van der Waals surface area contributed by atoms with Crippen molar-refractivity contribution in [3.8, 4) is 5.69 Å². The highest BCUT2D eigenvalue weighted by molar-refractivity contribution is 8.00. The molecule has 6 nitrogen and oxygen atoms in total. The van der Waals surface area contributed by atoms with Crippen LogP contribution in [0.2, 0.25) is 0 Å². The van der Waals surface area contributed by atoms with Crippen molar-refractivity contribution in [2.24, 2.45) is 0 Å². The summed E-state index contributed by atoms with van der Waals surface area (Å²) >= 11 is 4.03. The van der Waals surface area contributed by atoms with E-state index in [0.717, 1.165) is 21.6 Å². The second-order valence-electron chi connectivity index (χ2n) is 6.87. The summed E-state index contributed by atoms with van der Waals surface area (Å²) in [5.41, 5.74) is 2.41. The predicted octanol–water partition coefficient (Wildman–Crippen LogP) is 5.93. The van der Waals surface area contributed by atoms with E-state index in [2.05, 4.69) is 20.6 Å². The number of aryl methyl sites for hydroxylation is 1. The van der Waals surface area contributed by atoms with Crippen LogP contribution in [0.3, 0.4) is 0 Å². The molecule has 10 heteroatoms. The van der Waals surface area contributed by atoms with Crippen molar-refractivity contribution in [1.29, 1.82) is 0 Å². The molecule has 3 aromatic heterocycles. The summed E-state index contributed by atoms with van der Waals surface area (Å²) in [4.78, 5) is 14.3. The van der Waals surface area contributed by atoms with Gasteiger partial charge in [0.05, 0.1) is 16.3 Å². The van der Waals surface area contributed by atoms with Crippen LogP contribution in [0, 0.1) is 12.7 Å². The Bertz CT molecular complexity index is 1410. The Labute approximate surface area is 195 Å². The summed E-state index contributed by atoms with van der Waals surface area (Å²) in [5, 5.41) is 16.9. The topological polar surface area (TPSA) is 72.7 Å². The Kier molecular flexibility index (Phi) is 5.73. The first-order chi connectivity index (χ1) is 15.6. The number of benzene rings is 2. The molecular weight excluding hydrogens is 465 g/mol. The molecule has 5 rings (SSSR count). The fraction of sp³-hybridized carbons (Fsp3) is 0.0909. The molecule has 0 unspecified atom stereocenters. The predicted molar refractivity (Wildman–Crippen MR) is 128 cm³/mol. The Morgan fingerprint density at radius 2 is 1.88 bits per heavy atom. The van der Waals surface area contributed by atoms with Crippen molar-refractivity contribution in [3.63, 3.8) is 0 Å². The molecule has 0 saturated carbocycles. The molecule has 32 heavy (non-hydrogen) atoms. The van der Waals surface area contributed by atoms with Gasteiger partial charge in [0, 0.05) is 11.1 Å². The van der Waals surface area contributed by atoms with Crippen LogP contribution in [0.5, 0.6) is 0 Å². The number of anilines is 1. The lowest BCUT2D eigenvalue weighted by Crippen LogP contribution is -2.09. The van der Waals surface area contributed by atoms with Gasteiger partial charge in [0.25, 0.3) is 5.91 Å². The van der Waals surface area contributed by atoms with Gasteiger partial charge in [-0.1, -0.05) is 59.5 Å². The average molecular weight is 482 g/mol. The number of aromatic nitrogens is 4. The molecule has 3 heterocycles. The van der Waals surface area contributed by atoms with Crippen LogP contribution in [-0.4, -0.2) is 25.9 Å². The largest absolute Gasteiger partial charge is 0.296 e. The average Bonchev–Trinajstić information content (AvgIpc) is 3.51. The Balaban J connectivity index is 1.31. The number of para-hydroxylation sites is 1. The third-order valence-corrected chi connectivity index (χ3v) is 7.84. The first-order valence-corrected chi connectivity index (χ1v) is 12.3. The number of halogens is 1. The number of fused-ring (bicyclic) bond motifs is 1. The van der Waals surface area contributed by atoms with E-state index in [-0.39, 0.29) is 11.7 Å². The molecule has 0 saturated heterocycles. The van der Waals surface area contributed by atoms with E-state index in [1.165, 1.54) is 40.5 Å². The highest BCUT2D eigenvalue weighted by Crippen LogP contribution is 2.32. The number of hydrogen-bond acceptors (Lipinski definition) is 7. The summed E-state index contributed by atoms with van der Waals surface area (Å²) < 4.78 is 16.3. The minimum absolute atomic E-state index is 0.243. The van der Waals surface area contributed by atoms with Crippen molar-refractivity contribution in [2.45, 2.75) is 17.0 Å². The quantitative estimate of drug-likeness (QED) is 0.240. The number of carbonyl (C=O) groups excluding carboxylic acids is 1. The third kappa shape index (κ3) is 4.16. The minimum atomic E-state index is -0.244. The number of amides is 1. The van der Waals surface area contributed by atoms with E-state index in [0.29, 0.717) is 25.7 Å². The molecule has 1 amide bonds. The van der Waals surface area contributed by atoms with Crippen LogP contribution in [-0.2, 0) is 5.75 Å². The van der Waals surface area contributed by atoms with Gasteiger partial charge in [0.2, 0.25) is 5.13 Å². The molecular formula is C22H16FN5OS3. The van der Waals surface area contributed by atoms with Crippen molar-refractivity contribution in [3.05, 3.63) is 82.6 Å². The number of thiophene rings is 1. The van der Waals surface area contributed by atoms with E-state index >= 15 is 0 Å². The van der Waals surface area contributed by atoms with Gasteiger partial charge in [-0.25, -0.2) is 9.07 Å². The first-order valence-electron chi connectivity index (χ1n) is 9.64. The maximum atomic E-state index is 13.8. The zero-order chi connectivity index (χ0) is 22.1. The molecule has 0 aliphatic carbocycles. The highest BCUT2D eigenvalue weighted by Gasteiger charge is 2.18. The number of hydrogen-bond donors (Lipinski definition) is 1. The minimum Gasteiger partial charge on any atom is -0.296 e. The van der Waals surface area contributed by atoms with Gasteiger partial charge in [-0.15, -0.1) is 21.5 Å². The van der Waals surface area contributed by atoms with E-state index < -0.39 is 0 Å². The maximum absolute atomic E-state index is 13.8. The number of thioether (sulfide) groups is 1. The zero-order valence-corrected chi connectivity index (χ0v) is 19.2. The van der Waals surface area contributed by atoms with Gasteiger partial charge in [0.15, 0.2) is 4.34 Å². The summed E-state index contributed by atoms with van der Waals surface area (Å²) in [5.74, 6) is -0.0416. The Morgan fingerprint density at radius 3 is 2.69 bits per heavy atom. The molecule has 1 N–H and O–H groups in total. The third-order valence-electron chi connectivity index (χ3n) is 4.71. The fourth-order valence-electron chi connectivity index (χ4n) is 3.14. The molecule has 0 atom stereocenters. The molecule has 0 radical (unpaired) electrons. The smallest absolute Gasteiger partial charge is 0.267 e. The second kappa shape index (κ2) is 8.81. The zero-order valence-electron chi connectivity index (χ0n) is 16.8. The Hall–Kier alpha value is -3.08. The van der Waals surface area contributed by atoms with Crippen LogP contribution >= 0.6 is 34.4 Å². The lowest BCUT2D eigenvalue weighted by atomic mass is 10.2. The summed E-state index contributed by atoms with van der Waals surface area (Å²) in [7, 11) is 0. The first kappa shape index (κ1) is 20.8. The summed E-state index contributed by atoms with van der Waals surface area (Å²) in [6.45, 7) is 1.93. The van der Waals surface area contributed by atoms with Gasteiger partial charge in [-0.2, -0.15) is 5.10 Å². The van der Waals surface area contributed by atoms with Gasteiger partial charge in [-0.3, -0.25) is 10.1 Å². The number of nitrogens with one attached hydrogen (secondary N) is 1. The van der Waals surface area contributed by atoms with Crippen LogP contribution in [0.4, 0.5) is 9.52 Å². The van der Waals surface area contributed by atoms with Crippen molar-refractivity contribution < 1.29 is 9.18 Å². The van der Waals surface area contributed by atoms with Crippen molar-refractivity contribution >= 4 is 55.7 Å². The van der Waals surface area contributed by atoms with Crippen LogP contribution in [0.1, 0.15) is 20.9 Å². The highest BCUT2D eigenvalue weighted by atomic mass is 32.2. The van der Waals surface area contributed by atoms with Gasteiger partial charge in [-0.05, 0) is 36.8 Å². The van der Waals surface area contributed by atoms with E-state index in [1.54, 1.807) is 18.2 Å². The molecule has 5 aromatic rings.